The fourth-order valence-electron chi connectivity index (χ4n) is 1.76. The molecule has 16 heavy (non-hydrogen) atoms. The van der Waals surface area contributed by atoms with Crippen LogP contribution in [0.4, 0.5) is 5.69 Å². The van der Waals surface area contributed by atoms with Crippen LogP contribution in [0, 0.1) is 12.3 Å². The van der Waals surface area contributed by atoms with Gasteiger partial charge in [0.15, 0.2) is 0 Å². The third kappa shape index (κ3) is 5.12. The van der Waals surface area contributed by atoms with Crippen LogP contribution < -0.4 is 11.1 Å². The maximum Gasteiger partial charge on any atom is 0.0393 e. The van der Waals surface area contributed by atoms with Crippen LogP contribution in [0.2, 0.25) is 0 Å². The van der Waals surface area contributed by atoms with E-state index in [2.05, 4.69) is 31.1 Å². The van der Waals surface area contributed by atoms with E-state index in [1.54, 1.807) is 0 Å². The van der Waals surface area contributed by atoms with Gasteiger partial charge in [0.05, 0.1) is 0 Å². The summed E-state index contributed by atoms with van der Waals surface area (Å²) in [7, 11) is 0. The molecule has 1 heterocycles. The summed E-state index contributed by atoms with van der Waals surface area (Å²) < 4.78 is 0. The highest BCUT2D eigenvalue weighted by atomic mass is 14.9. The average molecular weight is 221 g/mol. The molecule has 0 aliphatic rings. The molecule has 1 aromatic heterocycles. The Kier molecular flexibility index (Phi) is 4.30. The van der Waals surface area contributed by atoms with Crippen molar-refractivity contribution < 1.29 is 0 Å². The zero-order chi connectivity index (χ0) is 12.2. The molecule has 0 aliphatic carbocycles. The Balaban J connectivity index is 2.40. The second kappa shape index (κ2) is 5.30. The number of nitrogens with one attached hydrogen (secondary N) is 1. The van der Waals surface area contributed by atoms with Crippen LogP contribution in [0.3, 0.4) is 0 Å². The third-order valence-electron chi connectivity index (χ3n) is 2.34. The summed E-state index contributed by atoms with van der Waals surface area (Å²) in [6, 6.07) is 4.19. The molecule has 0 fully saturated rings. The van der Waals surface area contributed by atoms with Crippen LogP contribution in [0.1, 0.15) is 32.9 Å². The second-order valence-corrected chi connectivity index (χ2v) is 5.59. The van der Waals surface area contributed by atoms with Gasteiger partial charge in [0.25, 0.3) is 0 Å². The summed E-state index contributed by atoms with van der Waals surface area (Å²) in [5.41, 5.74) is 8.47. The van der Waals surface area contributed by atoms with Crippen LogP contribution in [-0.2, 0) is 0 Å². The number of hydrogen-bond acceptors (Lipinski definition) is 3. The average Bonchev–Trinajstić information content (AvgIpc) is 2.12. The predicted molar refractivity (Wildman–Crippen MR) is 69.5 cm³/mol. The molecule has 3 nitrogen and oxygen atoms in total. The maximum atomic E-state index is 6.07. The topological polar surface area (TPSA) is 50.9 Å². The standard InChI is InChI=1S/C13H23N3/c1-10-7-12(5-6-15-10)16-9-11(14)8-13(2,3)4/h5-7,11H,8-9,14H2,1-4H3,(H,15,16). The van der Waals surface area contributed by atoms with Crippen LogP contribution in [0.25, 0.3) is 0 Å². The Morgan fingerprint density at radius 1 is 1.44 bits per heavy atom. The Morgan fingerprint density at radius 3 is 2.69 bits per heavy atom. The van der Waals surface area contributed by atoms with Gasteiger partial charge in [-0.15, -0.1) is 0 Å². The zero-order valence-electron chi connectivity index (χ0n) is 10.7. The predicted octanol–water partition coefficient (Wildman–Crippen LogP) is 2.57. The van der Waals surface area contributed by atoms with E-state index >= 15 is 0 Å². The number of rotatable bonds is 4. The van der Waals surface area contributed by atoms with E-state index in [9.17, 15) is 0 Å². The third-order valence-corrected chi connectivity index (χ3v) is 2.34. The van der Waals surface area contributed by atoms with Crippen molar-refractivity contribution in [2.75, 3.05) is 11.9 Å². The van der Waals surface area contributed by atoms with Crippen molar-refractivity contribution in [3.8, 4) is 0 Å². The molecule has 1 unspecified atom stereocenters. The zero-order valence-corrected chi connectivity index (χ0v) is 10.7. The lowest BCUT2D eigenvalue weighted by molar-refractivity contribution is 0.345. The number of anilines is 1. The summed E-state index contributed by atoms with van der Waals surface area (Å²) in [6.45, 7) is 9.43. The van der Waals surface area contributed by atoms with Gasteiger partial charge < -0.3 is 11.1 Å². The van der Waals surface area contributed by atoms with Crippen LogP contribution in [0.5, 0.6) is 0 Å². The summed E-state index contributed by atoms with van der Waals surface area (Å²) in [5.74, 6) is 0. The van der Waals surface area contributed by atoms with Crippen molar-refractivity contribution in [3.63, 3.8) is 0 Å². The van der Waals surface area contributed by atoms with Gasteiger partial charge in [-0.3, -0.25) is 4.98 Å². The van der Waals surface area contributed by atoms with Gasteiger partial charge in [0.2, 0.25) is 0 Å². The maximum absolute atomic E-state index is 6.07. The van der Waals surface area contributed by atoms with Crippen molar-refractivity contribution in [1.82, 2.24) is 4.98 Å². The first-order valence-electron chi connectivity index (χ1n) is 5.79. The van der Waals surface area contributed by atoms with Gasteiger partial charge in [0.1, 0.15) is 0 Å². The summed E-state index contributed by atoms with van der Waals surface area (Å²) in [5, 5.41) is 3.34. The van der Waals surface area contributed by atoms with E-state index in [0.29, 0.717) is 0 Å². The molecule has 1 atom stereocenters. The first-order chi connectivity index (χ1) is 7.37. The van der Waals surface area contributed by atoms with Crippen molar-refractivity contribution >= 4 is 5.69 Å². The molecular weight excluding hydrogens is 198 g/mol. The minimum atomic E-state index is 0.188. The molecule has 90 valence electrons. The van der Waals surface area contributed by atoms with Gasteiger partial charge in [-0.25, -0.2) is 0 Å². The minimum Gasteiger partial charge on any atom is -0.383 e. The quantitative estimate of drug-likeness (QED) is 0.821. The second-order valence-electron chi connectivity index (χ2n) is 5.59. The molecule has 0 spiro atoms. The summed E-state index contributed by atoms with van der Waals surface area (Å²) >= 11 is 0. The summed E-state index contributed by atoms with van der Waals surface area (Å²) in [4.78, 5) is 4.16. The highest BCUT2D eigenvalue weighted by Gasteiger charge is 2.15. The lowest BCUT2D eigenvalue weighted by Gasteiger charge is -2.23. The van der Waals surface area contributed by atoms with Crippen LogP contribution in [0.15, 0.2) is 18.3 Å². The molecule has 0 aliphatic heterocycles. The lowest BCUT2D eigenvalue weighted by atomic mass is 9.88. The minimum absolute atomic E-state index is 0.188. The largest absolute Gasteiger partial charge is 0.383 e. The van der Waals surface area contributed by atoms with E-state index in [1.807, 2.05) is 25.3 Å². The van der Waals surface area contributed by atoms with Gasteiger partial charge in [-0.2, -0.15) is 0 Å². The molecule has 0 amide bonds. The Bertz CT molecular complexity index is 328. The summed E-state index contributed by atoms with van der Waals surface area (Å²) in [6.07, 6.45) is 2.83. The van der Waals surface area contributed by atoms with Gasteiger partial charge in [-0.05, 0) is 30.9 Å². The Hall–Kier alpha value is -1.09. The number of nitrogens with zero attached hydrogens (tertiary/aromatic N) is 1. The number of pyridine rings is 1. The number of aromatic nitrogens is 1. The van der Waals surface area contributed by atoms with E-state index in [4.69, 9.17) is 5.73 Å². The van der Waals surface area contributed by atoms with Crippen molar-refractivity contribution in [2.45, 2.75) is 40.2 Å². The molecule has 0 radical (unpaired) electrons. The van der Waals surface area contributed by atoms with Crippen LogP contribution in [-0.4, -0.2) is 17.6 Å². The van der Waals surface area contributed by atoms with Crippen molar-refractivity contribution in [1.29, 1.82) is 0 Å². The fourth-order valence-corrected chi connectivity index (χ4v) is 1.76. The first kappa shape index (κ1) is 13.0. The molecule has 3 heteroatoms. The molecule has 0 saturated heterocycles. The molecular formula is C13H23N3. The normalized spacial score (nSPS) is 13.6. The molecule has 1 rings (SSSR count). The van der Waals surface area contributed by atoms with Crippen molar-refractivity contribution in [3.05, 3.63) is 24.0 Å². The Labute approximate surface area is 98.5 Å². The van der Waals surface area contributed by atoms with E-state index in [1.165, 1.54) is 0 Å². The number of nitrogens with two attached hydrogens (primary N) is 1. The molecule has 0 aromatic carbocycles. The highest BCUT2D eigenvalue weighted by Crippen LogP contribution is 2.20. The molecule has 0 bridgehead atoms. The van der Waals surface area contributed by atoms with Gasteiger partial charge in [-0.1, -0.05) is 20.8 Å². The first-order valence-corrected chi connectivity index (χ1v) is 5.79. The monoisotopic (exact) mass is 221 g/mol. The van der Waals surface area contributed by atoms with E-state index in [0.717, 1.165) is 24.3 Å². The van der Waals surface area contributed by atoms with Crippen LogP contribution >= 0.6 is 0 Å². The lowest BCUT2D eigenvalue weighted by Crippen LogP contribution is -2.33. The SMILES string of the molecule is Cc1cc(NCC(N)CC(C)(C)C)ccn1. The number of aryl methyl sites for hydroxylation is 1. The van der Waals surface area contributed by atoms with Crippen molar-refractivity contribution in [2.24, 2.45) is 11.1 Å². The number of hydrogen-bond donors (Lipinski definition) is 2. The Morgan fingerprint density at radius 2 is 2.12 bits per heavy atom. The van der Waals surface area contributed by atoms with E-state index in [-0.39, 0.29) is 11.5 Å². The fraction of sp³-hybridized carbons (Fsp3) is 0.615. The molecule has 1 aromatic rings. The highest BCUT2D eigenvalue weighted by molar-refractivity contribution is 5.42. The molecule has 3 N–H and O–H groups in total. The van der Waals surface area contributed by atoms with E-state index < -0.39 is 0 Å². The van der Waals surface area contributed by atoms with Gasteiger partial charge in [0, 0.05) is 30.2 Å². The molecule has 0 saturated carbocycles. The van der Waals surface area contributed by atoms with Gasteiger partial charge >= 0.3 is 0 Å². The smallest absolute Gasteiger partial charge is 0.0393 e.